The summed E-state index contributed by atoms with van der Waals surface area (Å²) in [6.45, 7) is 8.78. The number of ether oxygens (including phenoxy) is 1. The molecule has 21 heteroatoms. The van der Waals surface area contributed by atoms with E-state index in [1.54, 1.807) is 0 Å². The van der Waals surface area contributed by atoms with Gasteiger partial charge in [0.05, 0.1) is 49.5 Å². The van der Waals surface area contributed by atoms with E-state index in [1.165, 1.54) is 0 Å². The molecule has 2 saturated heterocycles. The Bertz CT molecular complexity index is 1410. The molecule has 0 aromatic carbocycles. The van der Waals surface area contributed by atoms with E-state index in [-0.39, 0.29) is 77.4 Å². The summed E-state index contributed by atoms with van der Waals surface area (Å²) in [6.07, 6.45) is 3.93. The van der Waals surface area contributed by atoms with E-state index in [2.05, 4.69) is 43.0 Å². The van der Waals surface area contributed by atoms with Crippen molar-refractivity contribution in [2.24, 2.45) is 17.3 Å². The smallest absolute Gasteiger partial charge is 0.315 e. The number of hydrogen-bond acceptors (Lipinski definition) is 13. The van der Waals surface area contributed by atoms with Gasteiger partial charge in [-0.2, -0.15) is 11.8 Å². The number of amides is 7. The molecule has 0 aliphatic carbocycles. The van der Waals surface area contributed by atoms with Crippen molar-refractivity contribution in [1.29, 1.82) is 0 Å². The van der Waals surface area contributed by atoms with Gasteiger partial charge < -0.3 is 67.5 Å². The van der Waals surface area contributed by atoms with Crippen molar-refractivity contribution in [3.05, 3.63) is 0 Å². The molecular weight excluding hydrogens is 797 g/mol. The summed E-state index contributed by atoms with van der Waals surface area (Å²) in [7, 11) is 0. The van der Waals surface area contributed by atoms with Gasteiger partial charge in [-0.05, 0) is 37.0 Å². The van der Waals surface area contributed by atoms with Gasteiger partial charge in [0.2, 0.25) is 29.5 Å². The number of carbonyl (C=O) groups excluding carboxylic acids is 8. The van der Waals surface area contributed by atoms with Crippen LogP contribution >= 0.6 is 23.5 Å². The summed E-state index contributed by atoms with van der Waals surface area (Å²) in [4.78, 5) is 95.9. The van der Waals surface area contributed by atoms with Crippen LogP contribution in [0, 0.1) is 17.3 Å². The van der Waals surface area contributed by atoms with Gasteiger partial charge in [0.1, 0.15) is 12.1 Å². The molecule has 0 aromatic heterocycles. The minimum absolute atomic E-state index is 0.0304. The standard InChI is InChI=1S/C37H64N8O11S2/c1-22(2)23(33(51)40-14-16-56-15-13-39-28(46)8-6-5-7-27-32-25(19-58-27)44-36(55)45-32)11-12-37(3,4)21-42-30(48)20-57-18-26(34(52)41-17-31(49)50)43-29(47)10-9-24(38)35(53)54/h22-27,32H,5-21,38H2,1-4H3,(H,39,46)(H,40,51)(H,41,52)(H,42,48)(H,43,47)(H,49,50)(H,53,54)(H2,44,45,55)/p-1/t23?,24?,25-,26?,27-,32-/m1/s1. The zero-order chi connectivity index (χ0) is 43.3. The van der Waals surface area contributed by atoms with E-state index in [9.17, 15) is 48.6 Å². The zero-order valence-electron chi connectivity index (χ0n) is 34.1. The Morgan fingerprint density at radius 2 is 1.62 bits per heavy atom. The first-order valence-corrected chi connectivity index (χ1v) is 22.0. The molecule has 2 heterocycles. The first-order chi connectivity index (χ1) is 27.4. The molecule has 7 amide bonds. The molecule has 0 bridgehead atoms. The highest BCUT2D eigenvalue weighted by Gasteiger charge is 2.42. The van der Waals surface area contributed by atoms with E-state index in [1.807, 2.05) is 39.5 Å². The van der Waals surface area contributed by atoms with Gasteiger partial charge in [0, 0.05) is 61.6 Å². The second kappa shape index (κ2) is 26.3. The number of thioether (sulfide) groups is 2. The van der Waals surface area contributed by atoms with Crippen LogP contribution < -0.4 is 53.2 Å². The predicted octanol–water partition coefficient (Wildman–Crippen LogP) is -3.62. The summed E-state index contributed by atoms with van der Waals surface area (Å²) in [5.41, 5.74) is 3.02. The number of carboxylic acid groups (broad SMARTS) is 2. The molecule has 0 saturated carbocycles. The van der Waals surface area contributed by atoms with Crippen molar-refractivity contribution in [3.8, 4) is 0 Å². The second-order valence-electron chi connectivity index (χ2n) is 15.7. The van der Waals surface area contributed by atoms with Gasteiger partial charge in [0.15, 0.2) is 0 Å². The maximum absolute atomic E-state index is 13.0. The average molecular weight is 860 g/mol. The third-order valence-electron chi connectivity index (χ3n) is 9.86. The summed E-state index contributed by atoms with van der Waals surface area (Å²) >= 11 is 2.91. The van der Waals surface area contributed by atoms with E-state index >= 15 is 0 Å². The van der Waals surface area contributed by atoms with Gasteiger partial charge in [-0.1, -0.05) is 34.1 Å². The molecular formula is C37H63N8O11S2-. The van der Waals surface area contributed by atoms with Crippen LogP contribution in [0.5, 0.6) is 0 Å². The molecule has 6 atom stereocenters. The minimum Gasteiger partial charge on any atom is -0.548 e. The SMILES string of the molecule is CC(C)C(CCC(C)(C)CNC(=O)CSCC(NC(=O)CCC([NH3+])C(=O)[O-])C(=O)NCC(=O)[O-])C(=O)NCCOCCNC(=O)CCCC[C@H]1SC[C@H]2NC(=O)N[C@H]21. The number of aliphatic carboxylic acids is 2. The molecule has 10 N–H and O–H groups in total. The first kappa shape index (κ1) is 50.3. The lowest BCUT2D eigenvalue weighted by Gasteiger charge is -2.28. The Balaban J connectivity index is 1.61. The molecule has 58 heavy (non-hydrogen) atoms. The van der Waals surface area contributed by atoms with Crippen LogP contribution in [0.25, 0.3) is 0 Å². The minimum atomic E-state index is -1.53. The number of carboxylic acids is 2. The number of quaternary nitrogens is 1. The fourth-order valence-corrected chi connectivity index (χ4v) is 8.74. The van der Waals surface area contributed by atoms with Crippen LogP contribution in [-0.2, 0) is 38.3 Å². The fourth-order valence-electron chi connectivity index (χ4n) is 6.32. The van der Waals surface area contributed by atoms with E-state index in [0.717, 1.165) is 36.8 Å². The monoisotopic (exact) mass is 859 g/mol. The summed E-state index contributed by atoms with van der Waals surface area (Å²) < 4.78 is 5.60. The number of rotatable bonds is 30. The summed E-state index contributed by atoms with van der Waals surface area (Å²) in [6, 6.07) is -2.04. The largest absolute Gasteiger partial charge is 0.548 e. The van der Waals surface area contributed by atoms with Gasteiger partial charge in [-0.3, -0.25) is 24.0 Å². The van der Waals surface area contributed by atoms with Crippen LogP contribution in [0.4, 0.5) is 4.79 Å². The Labute approximate surface area is 348 Å². The van der Waals surface area contributed by atoms with Gasteiger partial charge in [-0.25, -0.2) is 4.79 Å². The lowest BCUT2D eigenvalue weighted by molar-refractivity contribution is -0.438. The van der Waals surface area contributed by atoms with Gasteiger partial charge in [0.25, 0.3) is 0 Å². The lowest BCUT2D eigenvalue weighted by Crippen LogP contribution is -2.68. The molecule has 2 aliphatic rings. The summed E-state index contributed by atoms with van der Waals surface area (Å²) in [5.74, 6) is -4.23. The molecule has 2 aliphatic heterocycles. The highest BCUT2D eigenvalue weighted by molar-refractivity contribution is 8.00. The Morgan fingerprint density at radius 3 is 2.29 bits per heavy atom. The number of hydrogen-bond donors (Lipinski definition) is 8. The Hall–Kier alpha value is -3.82. The second-order valence-corrected chi connectivity index (χ2v) is 18.0. The van der Waals surface area contributed by atoms with E-state index in [4.69, 9.17) is 4.74 Å². The maximum atomic E-state index is 13.0. The highest BCUT2D eigenvalue weighted by atomic mass is 32.2. The fraction of sp³-hybridized carbons (Fsp3) is 0.784. The quantitative estimate of drug-likeness (QED) is 0.0256. The molecule has 2 fully saturated rings. The molecule has 0 aromatic rings. The molecule has 0 spiro atoms. The van der Waals surface area contributed by atoms with Gasteiger partial charge >= 0.3 is 6.03 Å². The highest BCUT2D eigenvalue weighted by Crippen LogP contribution is 2.33. The molecule has 2 rings (SSSR count). The third kappa shape index (κ3) is 20.2. The molecule has 330 valence electrons. The van der Waals surface area contributed by atoms with Crippen molar-refractivity contribution in [1.82, 2.24) is 37.2 Å². The van der Waals surface area contributed by atoms with Crippen molar-refractivity contribution in [2.75, 3.05) is 56.7 Å². The number of unbranched alkanes of at least 4 members (excludes halogenated alkanes) is 1. The molecule has 19 nitrogen and oxygen atoms in total. The molecule has 3 unspecified atom stereocenters. The van der Waals surface area contributed by atoms with Crippen LogP contribution in [0.2, 0.25) is 0 Å². The normalized spacial score (nSPS) is 18.9. The maximum Gasteiger partial charge on any atom is 0.315 e. The predicted molar refractivity (Wildman–Crippen MR) is 213 cm³/mol. The van der Waals surface area contributed by atoms with Crippen molar-refractivity contribution >= 4 is 71.0 Å². The van der Waals surface area contributed by atoms with E-state index < -0.39 is 42.4 Å². The average Bonchev–Trinajstić information content (AvgIpc) is 3.71. The molecule has 0 radical (unpaired) electrons. The van der Waals surface area contributed by atoms with Crippen molar-refractivity contribution < 1.29 is 59.0 Å². The third-order valence-corrected chi connectivity index (χ3v) is 12.4. The Morgan fingerprint density at radius 1 is 0.914 bits per heavy atom. The van der Waals surface area contributed by atoms with Crippen LogP contribution in [0.3, 0.4) is 0 Å². The first-order valence-electron chi connectivity index (χ1n) is 19.8. The number of nitrogens with one attached hydrogen (secondary N) is 7. The number of urea groups is 1. The van der Waals surface area contributed by atoms with Crippen molar-refractivity contribution in [2.45, 2.75) is 108 Å². The lowest BCUT2D eigenvalue weighted by atomic mass is 9.81. The van der Waals surface area contributed by atoms with E-state index in [0.29, 0.717) is 57.4 Å². The number of carbonyl (C=O) groups is 8. The zero-order valence-corrected chi connectivity index (χ0v) is 35.7. The van der Waals surface area contributed by atoms with Crippen LogP contribution in [0.15, 0.2) is 0 Å². The number of fused-ring (bicyclic) bond motifs is 1. The topological polar surface area (TPSA) is 304 Å². The van der Waals surface area contributed by atoms with Crippen LogP contribution in [0.1, 0.15) is 79.1 Å². The Kier molecular flexibility index (Phi) is 22.8. The van der Waals surface area contributed by atoms with Crippen LogP contribution in [-0.4, -0.2) is 134 Å². The van der Waals surface area contributed by atoms with Gasteiger partial charge in [-0.15, -0.1) is 11.8 Å². The summed E-state index contributed by atoms with van der Waals surface area (Å²) in [5, 5.41) is 41.2. The van der Waals surface area contributed by atoms with Crippen molar-refractivity contribution in [3.63, 3.8) is 0 Å².